The summed E-state index contributed by atoms with van der Waals surface area (Å²) in [6.45, 7) is 11.1. The maximum absolute atomic E-state index is 11.9. The zero-order chi connectivity index (χ0) is 22.4. The largest absolute Gasteiger partial charge is 0.462 e. The van der Waals surface area contributed by atoms with E-state index in [1.807, 2.05) is 6.92 Å². The minimum absolute atomic E-state index is 0.0878. The van der Waals surface area contributed by atoms with Crippen LogP contribution in [0.3, 0.4) is 0 Å². The highest BCUT2D eigenvalue weighted by atomic mass is 16.5. The molecular weight excluding hydrogens is 384 g/mol. The molecule has 8 atom stereocenters. The molecule has 3 saturated carbocycles. The predicted molar refractivity (Wildman–Crippen MR) is 124 cm³/mol. The van der Waals surface area contributed by atoms with Crippen molar-refractivity contribution in [3.8, 4) is 0 Å². The lowest BCUT2D eigenvalue weighted by Crippen LogP contribution is -2.51. The fourth-order valence-corrected chi connectivity index (χ4v) is 8.70. The zero-order valence-electron chi connectivity index (χ0n) is 20.5. The molecule has 0 saturated heterocycles. The van der Waals surface area contributed by atoms with Crippen molar-refractivity contribution in [2.75, 3.05) is 0 Å². The van der Waals surface area contributed by atoms with E-state index in [0.717, 1.165) is 49.4 Å². The minimum Gasteiger partial charge on any atom is -0.462 e. The molecule has 0 bridgehead atoms. The first kappa shape index (κ1) is 23.1. The first-order valence-corrected chi connectivity index (χ1v) is 13.1. The van der Waals surface area contributed by atoms with Gasteiger partial charge in [0.05, 0.1) is 0 Å². The van der Waals surface area contributed by atoms with Gasteiger partial charge in [0, 0.05) is 26.2 Å². The molecule has 0 heterocycles. The molecule has 0 radical (unpaired) electrons. The number of rotatable bonds is 6. The lowest BCUT2D eigenvalue weighted by atomic mass is 9.47. The number of hydrogen-bond acceptors (Lipinski definition) is 3. The van der Waals surface area contributed by atoms with Gasteiger partial charge in [-0.15, -0.1) is 0 Å². The van der Waals surface area contributed by atoms with Crippen LogP contribution in [-0.2, 0) is 14.3 Å². The van der Waals surface area contributed by atoms with Crippen LogP contribution in [0.5, 0.6) is 0 Å². The number of esters is 1. The van der Waals surface area contributed by atoms with Crippen LogP contribution in [0.25, 0.3) is 0 Å². The summed E-state index contributed by atoms with van der Waals surface area (Å²) in [5.74, 6) is 4.17. The molecule has 0 aromatic carbocycles. The van der Waals surface area contributed by atoms with Gasteiger partial charge >= 0.3 is 5.97 Å². The molecule has 174 valence electrons. The molecule has 4 aliphatic carbocycles. The molecule has 3 heteroatoms. The smallest absolute Gasteiger partial charge is 0.302 e. The molecule has 0 N–H and O–H groups in total. The Labute approximate surface area is 189 Å². The van der Waals surface area contributed by atoms with E-state index in [2.05, 4.69) is 26.8 Å². The van der Waals surface area contributed by atoms with E-state index >= 15 is 0 Å². The Morgan fingerprint density at radius 2 is 1.90 bits per heavy atom. The molecular formula is C28H44O3. The van der Waals surface area contributed by atoms with Gasteiger partial charge < -0.3 is 4.74 Å². The molecule has 0 aliphatic heterocycles. The SMILES string of the molecule is CCC(=O)CC[C@@H](C)[C@H]1CC[C@@H]2[C@H]3CC=C4C[C@@H](OC(C)=O)CC[C@]4(C)[C@@H]3CC[C@@]21C. The van der Waals surface area contributed by atoms with E-state index in [4.69, 9.17) is 4.74 Å². The highest BCUT2D eigenvalue weighted by Crippen LogP contribution is 2.67. The highest BCUT2D eigenvalue weighted by molar-refractivity contribution is 5.77. The number of fused-ring (bicyclic) bond motifs is 5. The summed E-state index contributed by atoms with van der Waals surface area (Å²) in [5.41, 5.74) is 2.33. The second-order valence-corrected chi connectivity index (χ2v) is 11.9. The first-order valence-electron chi connectivity index (χ1n) is 13.1. The number of Topliss-reactive ketones (excluding diaryl/α,β-unsaturated/α-hetero) is 1. The summed E-state index contributed by atoms with van der Waals surface area (Å²) < 4.78 is 5.59. The maximum atomic E-state index is 11.9. The van der Waals surface area contributed by atoms with Crippen molar-refractivity contribution < 1.29 is 14.3 Å². The van der Waals surface area contributed by atoms with Crippen LogP contribution < -0.4 is 0 Å². The van der Waals surface area contributed by atoms with Gasteiger partial charge in [-0.05, 0) is 91.8 Å². The van der Waals surface area contributed by atoms with Crippen molar-refractivity contribution in [3.63, 3.8) is 0 Å². The van der Waals surface area contributed by atoms with Gasteiger partial charge in [-0.1, -0.05) is 39.3 Å². The van der Waals surface area contributed by atoms with E-state index in [1.165, 1.54) is 45.4 Å². The average Bonchev–Trinajstić information content (AvgIpc) is 3.09. The molecule has 31 heavy (non-hydrogen) atoms. The summed E-state index contributed by atoms with van der Waals surface area (Å²) in [4.78, 5) is 23.4. The minimum atomic E-state index is -0.136. The predicted octanol–water partition coefficient (Wildman–Crippen LogP) is 6.89. The second kappa shape index (κ2) is 8.67. The summed E-state index contributed by atoms with van der Waals surface area (Å²) in [5, 5.41) is 0. The van der Waals surface area contributed by atoms with Crippen molar-refractivity contribution in [1.29, 1.82) is 0 Å². The molecule has 0 spiro atoms. The van der Waals surface area contributed by atoms with E-state index in [0.29, 0.717) is 29.0 Å². The number of carbonyl (C=O) groups excluding carboxylic acids is 2. The van der Waals surface area contributed by atoms with E-state index in [1.54, 1.807) is 5.57 Å². The van der Waals surface area contributed by atoms with E-state index in [-0.39, 0.29) is 12.1 Å². The third-order valence-corrected chi connectivity index (χ3v) is 10.4. The average molecular weight is 429 g/mol. The van der Waals surface area contributed by atoms with Crippen LogP contribution in [-0.4, -0.2) is 17.9 Å². The van der Waals surface area contributed by atoms with Crippen LogP contribution in [0.1, 0.15) is 105 Å². The summed E-state index contributed by atoms with van der Waals surface area (Å²) in [6, 6.07) is 0. The maximum Gasteiger partial charge on any atom is 0.302 e. The first-order chi connectivity index (χ1) is 14.7. The second-order valence-electron chi connectivity index (χ2n) is 11.9. The Hall–Kier alpha value is -1.12. The lowest BCUT2D eigenvalue weighted by Gasteiger charge is -2.58. The molecule has 3 nitrogen and oxygen atoms in total. The van der Waals surface area contributed by atoms with Gasteiger partial charge in [0.1, 0.15) is 11.9 Å². The van der Waals surface area contributed by atoms with Gasteiger partial charge in [-0.25, -0.2) is 0 Å². The number of ether oxygens (including phenoxy) is 1. The van der Waals surface area contributed by atoms with Crippen LogP contribution in [0, 0.1) is 40.4 Å². The summed E-state index contributed by atoms with van der Waals surface area (Å²) in [6.07, 6.45) is 15.0. The van der Waals surface area contributed by atoms with E-state index < -0.39 is 0 Å². The fourth-order valence-electron chi connectivity index (χ4n) is 8.70. The van der Waals surface area contributed by atoms with Crippen LogP contribution in [0.4, 0.5) is 0 Å². The Morgan fingerprint density at radius 1 is 1.13 bits per heavy atom. The third-order valence-electron chi connectivity index (χ3n) is 10.4. The molecule has 0 aromatic heterocycles. The quantitative estimate of drug-likeness (QED) is 0.342. The van der Waals surface area contributed by atoms with Crippen molar-refractivity contribution in [3.05, 3.63) is 11.6 Å². The van der Waals surface area contributed by atoms with Gasteiger partial charge in [-0.2, -0.15) is 0 Å². The Bertz CT molecular complexity index is 739. The number of carbonyl (C=O) groups is 2. The van der Waals surface area contributed by atoms with Crippen LogP contribution in [0.15, 0.2) is 11.6 Å². The summed E-state index contributed by atoms with van der Waals surface area (Å²) in [7, 11) is 0. The molecule has 0 aromatic rings. The topological polar surface area (TPSA) is 43.4 Å². The highest BCUT2D eigenvalue weighted by Gasteiger charge is 2.59. The molecule has 4 rings (SSSR count). The van der Waals surface area contributed by atoms with Gasteiger partial charge in [0.15, 0.2) is 0 Å². The Balaban J connectivity index is 1.48. The zero-order valence-corrected chi connectivity index (χ0v) is 20.5. The number of allylic oxidation sites excluding steroid dienone is 1. The van der Waals surface area contributed by atoms with Gasteiger partial charge in [0.25, 0.3) is 0 Å². The normalized spacial score (nSPS) is 42.6. The molecule has 3 fully saturated rings. The molecule has 4 aliphatic rings. The van der Waals surface area contributed by atoms with E-state index in [9.17, 15) is 9.59 Å². The molecule has 0 amide bonds. The monoisotopic (exact) mass is 428 g/mol. The van der Waals surface area contributed by atoms with Gasteiger partial charge in [0.2, 0.25) is 0 Å². The summed E-state index contributed by atoms with van der Waals surface area (Å²) >= 11 is 0. The van der Waals surface area contributed by atoms with Crippen molar-refractivity contribution >= 4 is 11.8 Å². The third kappa shape index (κ3) is 4.04. The Kier molecular flexibility index (Phi) is 6.45. The van der Waals surface area contributed by atoms with Crippen LogP contribution in [0.2, 0.25) is 0 Å². The van der Waals surface area contributed by atoms with Gasteiger partial charge in [-0.3, -0.25) is 9.59 Å². The molecule has 0 unspecified atom stereocenters. The lowest BCUT2D eigenvalue weighted by molar-refractivity contribution is -0.148. The number of hydrogen-bond donors (Lipinski definition) is 0. The fraction of sp³-hybridized carbons (Fsp3) is 0.857. The van der Waals surface area contributed by atoms with Crippen molar-refractivity contribution in [2.24, 2.45) is 40.4 Å². The number of ketones is 1. The standard InChI is InChI=1S/C28H44O3/c1-6-21(30)9-7-18(2)24-11-12-25-23-10-8-20-17-22(31-19(3)29)13-15-27(20,4)26(23)14-16-28(24,25)5/h8,18,22-26H,6-7,9-17H2,1-5H3/t18-,22+,23-,24-,25-,26-,27+,28-/m1/s1. The van der Waals surface area contributed by atoms with Crippen molar-refractivity contribution in [2.45, 2.75) is 111 Å². The van der Waals surface area contributed by atoms with Crippen molar-refractivity contribution in [1.82, 2.24) is 0 Å². The van der Waals surface area contributed by atoms with Crippen LogP contribution >= 0.6 is 0 Å². The Morgan fingerprint density at radius 3 is 2.61 bits per heavy atom.